The van der Waals surface area contributed by atoms with Gasteiger partial charge in [0.2, 0.25) is 0 Å². The van der Waals surface area contributed by atoms with Gasteiger partial charge in [-0.15, -0.1) is 0 Å². The lowest BCUT2D eigenvalue weighted by Gasteiger charge is -2.22. The number of aliphatic imine (C=N–C) groups is 1. The van der Waals surface area contributed by atoms with Gasteiger partial charge in [-0.3, -0.25) is 4.99 Å². The molecular formula is C23H24FN5OS. The predicted octanol–water partition coefficient (Wildman–Crippen LogP) is 4.56. The van der Waals surface area contributed by atoms with Gasteiger partial charge in [-0.1, -0.05) is 6.92 Å². The Hall–Kier alpha value is -3.26. The third kappa shape index (κ3) is 3.90. The van der Waals surface area contributed by atoms with Crippen molar-refractivity contribution in [2.75, 3.05) is 12.8 Å². The van der Waals surface area contributed by atoms with Crippen LogP contribution in [0.1, 0.15) is 41.6 Å². The number of anilines is 1. The summed E-state index contributed by atoms with van der Waals surface area (Å²) in [6, 6.07) is 6.39. The molecule has 1 atom stereocenters. The van der Waals surface area contributed by atoms with Gasteiger partial charge in [-0.2, -0.15) is 4.37 Å². The van der Waals surface area contributed by atoms with E-state index < -0.39 is 6.10 Å². The number of aryl methyl sites for hydroxylation is 1. The molecule has 0 aliphatic carbocycles. The number of fused-ring (bicyclic) bond motifs is 5. The van der Waals surface area contributed by atoms with Crippen LogP contribution >= 0.6 is 11.5 Å². The van der Waals surface area contributed by atoms with Crippen molar-refractivity contribution in [3.8, 4) is 16.9 Å². The largest absolute Gasteiger partial charge is 0.482 e. The number of nitrogens with two attached hydrogens (primary N) is 2. The molecule has 1 aliphatic rings. The van der Waals surface area contributed by atoms with Gasteiger partial charge in [0.25, 0.3) is 0 Å². The molecule has 0 fully saturated rings. The van der Waals surface area contributed by atoms with Crippen LogP contribution in [0.4, 0.5) is 10.2 Å². The Morgan fingerprint density at radius 1 is 1.32 bits per heavy atom. The number of halogens is 1. The number of rotatable bonds is 2. The molecule has 0 spiro atoms. The molecule has 0 saturated heterocycles. The molecule has 6 nitrogen and oxygen atoms in total. The number of hydrogen-bond donors (Lipinski definition) is 2. The lowest BCUT2D eigenvalue weighted by Crippen LogP contribution is -2.14. The minimum absolute atomic E-state index is 0.274. The van der Waals surface area contributed by atoms with Crippen LogP contribution in [0, 0.1) is 5.82 Å². The Kier molecular flexibility index (Phi) is 5.73. The molecule has 0 amide bonds. The molecule has 31 heavy (non-hydrogen) atoms. The van der Waals surface area contributed by atoms with E-state index in [4.69, 9.17) is 20.6 Å². The highest BCUT2D eigenvalue weighted by Crippen LogP contribution is 2.38. The van der Waals surface area contributed by atoms with E-state index in [1.807, 2.05) is 13.0 Å². The molecule has 0 unspecified atom stereocenters. The molecule has 2 aromatic heterocycles. The van der Waals surface area contributed by atoms with Crippen LogP contribution in [0.3, 0.4) is 0 Å². The zero-order chi connectivity index (χ0) is 22.1. The minimum atomic E-state index is -0.506. The maximum atomic E-state index is 14.1. The van der Waals surface area contributed by atoms with Crippen LogP contribution < -0.4 is 16.2 Å². The van der Waals surface area contributed by atoms with Gasteiger partial charge in [-0.25, -0.2) is 9.37 Å². The van der Waals surface area contributed by atoms with Gasteiger partial charge in [0.05, 0.1) is 5.69 Å². The van der Waals surface area contributed by atoms with E-state index in [1.165, 1.54) is 23.7 Å². The molecule has 3 aromatic rings. The summed E-state index contributed by atoms with van der Waals surface area (Å²) in [7, 11) is 1.70. The number of ether oxygens (including phenoxy) is 1. The summed E-state index contributed by atoms with van der Waals surface area (Å²) in [4.78, 5) is 9.70. The van der Waals surface area contributed by atoms with Gasteiger partial charge < -0.3 is 16.2 Å². The first-order chi connectivity index (χ1) is 14.9. The van der Waals surface area contributed by atoms with Gasteiger partial charge in [0.15, 0.2) is 11.6 Å². The highest BCUT2D eigenvalue weighted by Gasteiger charge is 2.23. The van der Waals surface area contributed by atoms with E-state index in [0.717, 1.165) is 33.7 Å². The Bertz CT molecular complexity index is 1200. The lowest BCUT2D eigenvalue weighted by atomic mass is 9.94. The van der Waals surface area contributed by atoms with Gasteiger partial charge in [0.1, 0.15) is 11.9 Å². The Morgan fingerprint density at radius 2 is 2.13 bits per heavy atom. The van der Waals surface area contributed by atoms with E-state index in [-0.39, 0.29) is 11.6 Å². The fourth-order valence-corrected chi connectivity index (χ4v) is 4.66. The topological polar surface area (TPSA) is 99.4 Å². The van der Waals surface area contributed by atoms with E-state index in [0.29, 0.717) is 29.0 Å². The van der Waals surface area contributed by atoms with Gasteiger partial charge >= 0.3 is 0 Å². The van der Waals surface area contributed by atoms with E-state index in [1.54, 1.807) is 25.5 Å². The van der Waals surface area contributed by atoms with Crippen molar-refractivity contribution < 1.29 is 9.13 Å². The fraction of sp³-hybridized carbons (Fsp3) is 0.261. The molecule has 2 bridgehead atoms. The van der Waals surface area contributed by atoms with Crippen LogP contribution in [0.25, 0.3) is 16.8 Å². The Morgan fingerprint density at radius 3 is 2.87 bits per heavy atom. The second-order valence-electron chi connectivity index (χ2n) is 7.38. The monoisotopic (exact) mass is 437 g/mol. The Balaban J connectivity index is 2.03. The first-order valence-corrected chi connectivity index (χ1v) is 10.8. The maximum Gasteiger partial charge on any atom is 0.166 e. The average molecular weight is 438 g/mol. The van der Waals surface area contributed by atoms with Crippen LogP contribution in [0.2, 0.25) is 0 Å². The summed E-state index contributed by atoms with van der Waals surface area (Å²) in [6.07, 6.45) is 4.29. The van der Waals surface area contributed by atoms with Crippen molar-refractivity contribution in [2.24, 2.45) is 10.7 Å². The van der Waals surface area contributed by atoms with Crippen molar-refractivity contribution in [2.45, 2.75) is 32.8 Å². The normalized spacial score (nSPS) is 16.3. The molecule has 0 saturated carbocycles. The van der Waals surface area contributed by atoms with E-state index in [9.17, 15) is 4.39 Å². The van der Waals surface area contributed by atoms with Crippen molar-refractivity contribution >= 4 is 29.3 Å². The van der Waals surface area contributed by atoms with Crippen LogP contribution in [0.15, 0.2) is 41.0 Å². The molecular weight excluding hydrogens is 413 g/mol. The number of pyridine rings is 1. The first-order valence-electron chi connectivity index (χ1n) is 10.0. The van der Waals surface area contributed by atoms with Crippen LogP contribution in [-0.4, -0.2) is 22.6 Å². The Labute approximate surface area is 184 Å². The standard InChI is InChI=1S/C23H24FN5OS/c1-4-20-21-13-8-19(23(26)28-11-13)30-12(2)17-9-15(24)5-6-16(17)22(25)14(10-27-3)7-18(21)29-31-20/h5-6,8-12H,4,7,25H2,1-3H3,(H2,26,28)/t12-/m1/s1. The van der Waals surface area contributed by atoms with E-state index >= 15 is 0 Å². The van der Waals surface area contributed by atoms with Crippen molar-refractivity contribution in [1.29, 1.82) is 0 Å². The molecule has 4 rings (SSSR count). The highest BCUT2D eigenvalue weighted by atomic mass is 32.1. The van der Waals surface area contributed by atoms with Crippen molar-refractivity contribution in [3.63, 3.8) is 0 Å². The summed E-state index contributed by atoms with van der Waals surface area (Å²) in [5.74, 6) is 0.350. The van der Waals surface area contributed by atoms with E-state index in [2.05, 4.69) is 16.9 Å². The second kappa shape index (κ2) is 8.47. The number of allylic oxidation sites excluding steroid dienone is 1. The predicted molar refractivity (Wildman–Crippen MR) is 124 cm³/mol. The molecule has 1 aromatic carbocycles. The number of nitrogen functional groups attached to an aromatic ring is 1. The summed E-state index contributed by atoms with van der Waals surface area (Å²) in [5.41, 5.74) is 18.1. The fourth-order valence-electron chi connectivity index (χ4n) is 3.83. The van der Waals surface area contributed by atoms with Gasteiger partial charge in [0, 0.05) is 58.7 Å². The minimum Gasteiger partial charge on any atom is -0.482 e. The summed E-state index contributed by atoms with van der Waals surface area (Å²) >= 11 is 1.46. The SMILES string of the molecule is CCc1snc2c1-c1cnc(N)c(c1)O[C@H](C)c1cc(F)ccc1C(N)=C(C=NC)C2. The number of benzene rings is 1. The third-order valence-corrected chi connectivity index (χ3v) is 6.38. The molecule has 8 heteroatoms. The average Bonchev–Trinajstić information content (AvgIpc) is 3.16. The highest BCUT2D eigenvalue weighted by molar-refractivity contribution is 7.06. The van der Waals surface area contributed by atoms with Crippen molar-refractivity contribution in [1.82, 2.24) is 9.36 Å². The summed E-state index contributed by atoms with van der Waals surface area (Å²) in [5, 5.41) is 0. The first kappa shape index (κ1) is 21.0. The van der Waals surface area contributed by atoms with Crippen LogP contribution in [0.5, 0.6) is 5.75 Å². The van der Waals surface area contributed by atoms with Gasteiger partial charge in [-0.05, 0) is 54.7 Å². The van der Waals surface area contributed by atoms with Crippen LogP contribution in [-0.2, 0) is 12.8 Å². The molecule has 160 valence electrons. The molecule has 4 N–H and O–H groups in total. The number of hydrogen-bond acceptors (Lipinski definition) is 7. The number of aromatic nitrogens is 2. The van der Waals surface area contributed by atoms with Crippen molar-refractivity contribution in [3.05, 3.63) is 63.6 Å². The zero-order valence-corrected chi connectivity index (χ0v) is 18.5. The lowest BCUT2D eigenvalue weighted by molar-refractivity contribution is 0.227. The third-order valence-electron chi connectivity index (χ3n) is 5.36. The summed E-state index contributed by atoms with van der Waals surface area (Å²) in [6.45, 7) is 3.93. The smallest absolute Gasteiger partial charge is 0.166 e. The zero-order valence-electron chi connectivity index (χ0n) is 17.6. The maximum absolute atomic E-state index is 14.1. The molecule has 3 heterocycles. The summed E-state index contributed by atoms with van der Waals surface area (Å²) < 4.78 is 25.0. The quantitative estimate of drug-likeness (QED) is 0.573. The number of nitrogens with zero attached hydrogens (tertiary/aromatic N) is 3. The molecule has 0 radical (unpaired) electrons. The molecule has 1 aliphatic heterocycles. The second-order valence-corrected chi connectivity index (χ2v) is 8.24.